The normalized spacial score (nSPS) is 11.8. The fourth-order valence-electron chi connectivity index (χ4n) is 2.91. The number of ether oxygens (including phenoxy) is 1. The molecule has 0 aliphatic heterocycles. The smallest absolute Gasteiger partial charge is 0.242 e. The Morgan fingerprint density at radius 2 is 1.77 bits per heavy atom. The van der Waals surface area contributed by atoms with Crippen LogP contribution in [0.25, 0.3) is 0 Å². The van der Waals surface area contributed by atoms with Gasteiger partial charge in [-0.25, -0.2) is 0 Å². The number of thioether (sulfide) groups is 1. The van der Waals surface area contributed by atoms with Crippen LogP contribution < -0.4 is 10.1 Å². The molecule has 0 spiro atoms. The maximum Gasteiger partial charge on any atom is 0.242 e. The molecule has 2 rings (SSSR count). The van der Waals surface area contributed by atoms with Crippen molar-refractivity contribution in [1.29, 1.82) is 0 Å². The van der Waals surface area contributed by atoms with Crippen molar-refractivity contribution in [2.45, 2.75) is 39.1 Å². The van der Waals surface area contributed by atoms with Crippen LogP contribution in [-0.2, 0) is 21.9 Å². The summed E-state index contributed by atoms with van der Waals surface area (Å²) in [7, 11) is 1.63. The number of nitrogens with one attached hydrogen (secondary N) is 1. The van der Waals surface area contributed by atoms with Crippen molar-refractivity contribution in [3.05, 3.63) is 64.7 Å². The summed E-state index contributed by atoms with van der Waals surface area (Å²) in [6, 6.07) is 14.6. The molecule has 2 aromatic rings. The zero-order valence-electron chi connectivity index (χ0n) is 18.6. The molecule has 0 aliphatic carbocycles. The van der Waals surface area contributed by atoms with Gasteiger partial charge in [0.25, 0.3) is 0 Å². The minimum atomic E-state index is -0.593. The summed E-state index contributed by atoms with van der Waals surface area (Å²) in [6.45, 7) is 6.70. The molecule has 31 heavy (non-hydrogen) atoms. The Hall–Kier alpha value is -2.18. The Kier molecular flexibility index (Phi) is 10.2. The lowest BCUT2D eigenvalue weighted by atomic mass is 10.1. The van der Waals surface area contributed by atoms with E-state index in [2.05, 4.69) is 5.32 Å². The second-order valence-corrected chi connectivity index (χ2v) is 9.16. The standard InChI is InChI=1S/C24H31ClN2O3S/c1-17(2)13-26-24(29)18(3)27(14-20-7-5-6-8-22(20)25)23(28)16-31-15-19-9-11-21(30-4)12-10-19/h5-12,17-18H,13-16H2,1-4H3,(H,26,29)/t18-/m0/s1. The molecule has 0 saturated heterocycles. The molecule has 0 bridgehead atoms. The van der Waals surface area contributed by atoms with E-state index in [1.165, 1.54) is 11.8 Å². The lowest BCUT2D eigenvalue weighted by Gasteiger charge is -2.29. The second-order valence-electron chi connectivity index (χ2n) is 7.77. The molecule has 5 nitrogen and oxygen atoms in total. The third-order valence-corrected chi connectivity index (χ3v) is 6.16. The first-order valence-corrected chi connectivity index (χ1v) is 11.9. The summed E-state index contributed by atoms with van der Waals surface area (Å²) in [6.07, 6.45) is 0. The predicted octanol–water partition coefficient (Wildman–Crippen LogP) is 4.77. The predicted molar refractivity (Wildman–Crippen MR) is 128 cm³/mol. The molecule has 168 valence electrons. The van der Waals surface area contributed by atoms with Crippen molar-refractivity contribution < 1.29 is 14.3 Å². The molecule has 0 unspecified atom stereocenters. The van der Waals surface area contributed by atoms with Crippen LogP contribution in [0.4, 0.5) is 0 Å². The van der Waals surface area contributed by atoms with Crippen molar-refractivity contribution in [2.75, 3.05) is 19.4 Å². The number of halogens is 1. The molecular weight excluding hydrogens is 432 g/mol. The Morgan fingerprint density at radius 3 is 2.39 bits per heavy atom. The van der Waals surface area contributed by atoms with E-state index in [-0.39, 0.29) is 24.1 Å². The van der Waals surface area contributed by atoms with E-state index in [9.17, 15) is 9.59 Å². The number of amides is 2. The van der Waals surface area contributed by atoms with Crippen molar-refractivity contribution in [3.63, 3.8) is 0 Å². The summed E-state index contributed by atoms with van der Waals surface area (Å²) in [5.74, 6) is 1.86. The van der Waals surface area contributed by atoms with Crippen LogP contribution in [0.3, 0.4) is 0 Å². The van der Waals surface area contributed by atoms with Crippen molar-refractivity contribution in [2.24, 2.45) is 5.92 Å². The SMILES string of the molecule is COc1ccc(CSCC(=O)N(Cc2ccccc2Cl)[C@@H](C)C(=O)NCC(C)C)cc1. The van der Waals surface area contributed by atoms with E-state index in [1.807, 2.05) is 56.3 Å². The molecule has 0 aliphatic rings. The van der Waals surface area contributed by atoms with Crippen LogP contribution in [0.2, 0.25) is 5.02 Å². The van der Waals surface area contributed by atoms with Crippen molar-refractivity contribution >= 4 is 35.2 Å². The number of carbonyl (C=O) groups excluding carboxylic acids is 2. The maximum absolute atomic E-state index is 13.1. The minimum absolute atomic E-state index is 0.0920. The Morgan fingerprint density at radius 1 is 1.10 bits per heavy atom. The highest BCUT2D eigenvalue weighted by Crippen LogP contribution is 2.21. The largest absolute Gasteiger partial charge is 0.497 e. The van der Waals surface area contributed by atoms with Crippen LogP contribution in [-0.4, -0.2) is 42.2 Å². The van der Waals surface area contributed by atoms with E-state index in [0.29, 0.717) is 23.2 Å². The molecule has 2 amide bonds. The van der Waals surface area contributed by atoms with Gasteiger partial charge in [0.1, 0.15) is 11.8 Å². The third-order valence-electron chi connectivity index (χ3n) is 4.80. The average Bonchev–Trinajstić information content (AvgIpc) is 2.76. The van der Waals surface area contributed by atoms with Gasteiger partial charge in [0.15, 0.2) is 0 Å². The Bertz CT molecular complexity index is 858. The van der Waals surface area contributed by atoms with Gasteiger partial charge in [-0.1, -0.05) is 55.8 Å². The monoisotopic (exact) mass is 462 g/mol. The number of nitrogens with zero attached hydrogens (tertiary/aromatic N) is 1. The molecule has 0 fully saturated rings. The molecule has 0 saturated carbocycles. The number of carbonyl (C=O) groups is 2. The van der Waals surface area contributed by atoms with Crippen molar-refractivity contribution in [3.8, 4) is 5.75 Å². The topological polar surface area (TPSA) is 58.6 Å². The summed E-state index contributed by atoms with van der Waals surface area (Å²) in [5.41, 5.74) is 1.93. The molecule has 0 aromatic heterocycles. The number of benzene rings is 2. The van der Waals surface area contributed by atoms with Gasteiger partial charge in [0, 0.05) is 23.9 Å². The van der Waals surface area contributed by atoms with Gasteiger partial charge in [0.05, 0.1) is 12.9 Å². The third kappa shape index (κ3) is 8.11. The van der Waals surface area contributed by atoms with E-state index in [1.54, 1.807) is 25.0 Å². The number of hydrogen-bond donors (Lipinski definition) is 1. The first-order valence-electron chi connectivity index (χ1n) is 10.3. The Labute approximate surface area is 194 Å². The van der Waals surface area contributed by atoms with Crippen LogP contribution in [0.15, 0.2) is 48.5 Å². The number of rotatable bonds is 11. The van der Waals surface area contributed by atoms with E-state index in [4.69, 9.17) is 16.3 Å². The van der Waals surface area contributed by atoms with Crippen LogP contribution >= 0.6 is 23.4 Å². The lowest BCUT2D eigenvalue weighted by molar-refractivity contribution is -0.138. The second kappa shape index (κ2) is 12.6. The fourth-order valence-corrected chi connectivity index (χ4v) is 3.97. The van der Waals surface area contributed by atoms with Gasteiger partial charge in [-0.15, -0.1) is 11.8 Å². The van der Waals surface area contributed by atoms with E-state index < -0.39 is 6.04 Å². The van der Waals surface area contributed by atoms with Gasteiger partial charge in [-0.3, -0.25) is 9.59 Å². The molecular formula is C24H31ClN2O3S. The Balaban J connectivity index is 2.05. The van der Waals surface area contributed by atoms with E-state index >= 15 is 0 Å². The summed E-state index contributed by atoms with van der Waals surface area (Å²) < 4.78 is 5.18. The highest BCUT2D eigenvalue weighted by Gasteiger charge is 2.26. The van der Waals surface area contributed by atoms with Gasteiger partial charge >= 0.3 is 0 Å². The zero-order valence-corrected chi connectivity index (χ0v) is 20.1. The fraction of sp³-hybridized carbons (Fsp3) is 0.417. The van der Waals surface area contributed by atoms with Crippen LogP contribution in [0, 0.1) is 5.92 Å². The molecule has 0 radical (unpaired) electrons. The summed E-state index contributed by atoms with van der Waals surface area (Å²) >= 11 is 7.84. The van der Waals surface area contributed by atoms with Gasteiger partial charge in [0.2, 0.25) is 11.8 Å². The number of hydrogen-bond acceptors (Lipinski definition) is 4. The average molecular weight is 463 g/mol. The lowest BCUT2D eigenvalue weighted by Crippen LogP contribution is -2.48. The molecule has 1 N–H and O–H groups in total. The van der Waals surface area contributed by atoms with Gasteiger partial charge in [-0.2, -0.15) is 0 Å². The zero-order chi connectivity index (χ0) is 22.8. The number of methoxy groups -OCH3 is 1. The molecule has 1 atom stereocenters. The van der Waals surface area contributed by atoms with E-state index in [0.717, 1.165) is 16.9 Å². The van der Waals surface area contributed by atoms with Gasteiger partial charge in [-0.05, 0) is 42.2 Å². The molecule has 2 aromatic carbocycles. The molecule has 7 heteroatoms. The minimum Gasteiger partial charge on any atom is -0.497 e. The highest BCUT2D eigenvalue weighted by molar-refractivity contribution is 7.99. The van der Waals surface area contributed by atoms with Crippen LogP contribution in [0.1, 0.15) is 31.9 Å². The quantitative estimate of drug-likeness (QED) is 0.522. The first kappa shape index (κ1) is 25.1. The first-order chi connectivity index (χ1) is 14.8. The maximum atomic E-state index is 13.1. The summed E-state index contributed by atoms with van der Waals surface area (Å²) in [4.78, 5) is 27.4. The van der Waals surface area contributed by atoms with Crippen molar-refractivity contribution in [1.82, 2.24) is 10.2 Å². The summed E-state index contributed by atoms with van der Waals surface area (Å²) in [5, 5.41) is 3.51. The highest BCUT2D eigenvalue weighted by atomic mass is 35.5. The molecule has 0 heterocycles. The van der Waals surface area contributed by atoms with Crippen LogP contribution in [0.5, 0.6) is 5.75 Å². The van der Waals surface area contributed by atoms with Gasteiger partial charge < -0.3 is 15.0 Å².